The summed E-state index contributed by atoms with van der Waals surface area (Å²) in [5, 5.41) is 2.95. The molecule has 1 fully saturated rings. The number of nitrogens with zero attached hydrogens (tertiary/aromatic N) is 1. The Morgan fingerprint density at radius 2 is 2.10 bits per heavy atom. The van der Waals surface area contributed by atoms with Gasteiger partial charge in [0.25, 0.3) is 5.91 Å². The van der Waals surface area contributed by atoms with Crippen molar-refractivity contribution in [1.82, 2.24) is 10.2 Å². The first kappa shape index (κ1) is 15.8. The van der Waals surface area contributed by atoms with E-state index in [1.165, 1.54) is 4.90 Å². The van der Waals surface area contributed by atoms with E-state index >= 15 is 0 Å². The standard InChI is InChI=1S/C14H16F4N2O/c1-19-8-12-3-2-4-20(12)13(21)9-5-10(14(16,17)18)7-11(15)6-9/h5-7,12,19H,2-4,8H2,1H3. The number of nitrogens with one attached hydrogen (secondary N) is 1. The Kier molecular flexibility index (Phi) is 4.51. The first-order chi connectivity index (χ1) is 9.82. The van der Waals surface area contributed by atoms with Gasteiger partial charge in [0.15, 0.2) is 0 Å². The number of carbonyl (C=O) groups excluding carboxylic acids is 1. The van der Waals surface area contributed by atoms with Gasteiger partial charge in [0.2, 0.25) is 0 Å². The summed E-state index contributed by atoms with van der Waals surface area (Å²) < 4.78 is 51.4. The van der Waals surface area contributed by atoms with Crippen molar-refractivity contribution >= 4 is 5.91 Å². The summed E-state index contributed by atoms with van der Waals surface area (Å²) in [4.78, 5) is 13.8. The summed E-state index contributed by atoms with van der Waals surface area (Å²) in [7, 11) is 1.74. The van der Waals surface area contributed by atoms with Gasteiger partial charge in [-0.3, -0.25) is 4.79 Å². The molecule has 116 valence electrons. The largest absolute Gasteiger partial charge is 0.416 e. The molecule has 1 aromatic carbocycles. The molecule has 0 radical (unpaired) electrons. The number of likely N-dealkylation sites (N-methyl/N-ethyl adjacent to an activating group) is 1. The van der Waals surface area contributed by atoms with Crippen LogP contribution in [0.3, 0.4) is 0 Å². The highest BCUT2D eigenvalue weighted by molar-refractivity contribution is 5.94. The van der Waals surface area contributed by atoms with Crippen LogP contribution in [0.2, 0.25) is 0 Å². The Balaban J connectivity index is 2.29. The lowest BCUT2D eigenvalue weighted by Gasteiger charge is -2.25. The fraction of sp³-hybridized carbons (Fsp3) is 0.500. The molecule has 1 N–H and O–H groups in total. The fourth-order valence-electron chi connectivity index (χ4n) is 2.59. The normalized spacial score (nSPS) is 19.1. The SMILES string of the molecule is CNCC1CCCN1C(=O)c1cc(F)cc(C(F)(F)F)c1. The molecule has 0 aliphatic carbocycles. The molecule has 1 aliphatic rings. The van der Waals surface area contributed by atoms with Gasteiger partial charge >= 0.3 is 6.18 Å². The summed E-state index contributed by atoms with van der Waals surface area (Å²) in [6.45, 7) is 1.04. The van der Waals surface area contributed by atoms with Crippen molar-refractivity contribution in [2.75, 3.05) is 20.1 Å². The Morgan fingerprint density at radius 3 is 2.71 bits per heavy atom. The van der Waals surface area contributed by atoms with Crippen molar-refractivity contribution in [3.05, 3.63) is 35.1 Å². The number of amides is 1. The monoisotopic (exact) mass is 304 g/mol. The zero-order valence-electron chi connectivity index (χ0n) is 11.5. The van der Waals surface area contributed by atoms with Crippen molar-refractivity contribution in [1.29, 1.82) is 0 Å². The predicted molar refractivity (Wildman–Crippen MR) is 69.4 cm³/mol. The van der Waals surface area contributed by atoms with Crippen LogP contribution in [0.15, 0.2) is 18.2 Å². The van der Waals surface area contributed by atoms with Gasteiger partial charge in [0, 0.05) is 24.7 Å². The molecule has 1 atom stereocenters. The van der Waals surface area contributed by atoms with E-state index in [-0.39, 0.29) is 11.6 Å². The second-order valence-corrected chi connectivity index (χ2v) is 5.08. The van der Waals surface area contributed by atoms with Crippen molar-refractivity contribution < 1.29 is 22.4 Å². The van der Waals surface area contributed by atoms with E-state index in [9.17, 15) is 22.4 Å². The second-order valence-electron chi connectivity index (χ2n) is 5.08. The average molecular weight is 304 g/mol. The summed E-state index contributed by atoms with van der Waals surface area (Å²) in [5.74, 6) is -1.62. The number of hydrogen-bond donors (Lipinski definition) is 1. The number of halogens is 4. The minimum Gasteiger partial charge on any atom is -0.334 e. The van der Waals surface area contributed by atoms with E-state index < -0.39 is 23.5 Å². The Labute approximate surface area is 119 Å². The zero-order valence-corrected chi connectivity index (χ0v) is 11.5. The molecule has 1 unspecified atom stereocenters. The topological polar surface area (TPSA) is 32.3 Å². The third-order valence-corrected chi connectivity index (χ3v) is 3.55. The maximum absolute atomic E-state index is 13.4. The van der Waals surface area contributed by atoms with Crippen molar-refractivity contribution in [2.45, 2.75) is 25.1 Å². The summed E-state index contributed by atoms with van der Waals surface area (Å²) in [5.41, 5.74) is -1.40. The van der Waals surface area contributed by atoms with Crippen LogP contribution in [0.5, 0.6) is 0 Å². The molecule has 1 aromatic rings. The highest BCUT2D eigenvalue weighted by Gasteiger charge is 2.34. The highest BCUT2D eigenvalue weighted by Crippen LogP contribution is 2.31. The van der Waals surface area contributed by atoms with Gasteiger partial charge in [0.05, 0.1) is 5.56 Å². The quantitative estimate of drug-likeness (QED) is 0.871. The third kappa shape index (κ3) is 3.53. The lowest BCUT2D eigenvalue weighted by atomic mass is 10.1. The van der Waals surface area contributed by atoms with Crippen LogP contribution in [-0.2, 0) is 6.18 Å². The van der Waals surface area contributed by atoms with Crippen LogP contribution in [0.4, 0.5) is 17.6 Å². The lowest BCUT2D eigenvalue weighted by molar-refractivity contribution is -0.137. The Bertz CT molecular complexity index is 530. The van der Waals surface area contributed by atoms with E-state index in [1.54, 1.807) is 7.05 Å². The number of rotatable bonds is 3. The summed E-state index contributed by atoms with van der Waals surface area (Å²) in [6, 6.07) is 1.89. The van der Waals surface area contributed by atoms with Gasteiger partial charge in [-0.1, -0.05) is 0 Å². The van der Waals surface area contributed by atoms with Crippen molar-refractivity contribution in [2.24, 2.45) is 0 Å². The minimum atomic E-state index is -4.67. The van der Waals surface area contributed by atoms with Gasteiger partial charge in [-0.2, -0.15) is 13.2 Å². The number of benzene rings is 1. The number of carbonyl (C=O) groups is 1. The smallest absolute Gasteiger partial charge is 0.334 e. The summed E-state index contributed by atoms with van der Waals surface area (Å²) >= 11 is 0. The first-order valence-electron chi connectivity index (χ1n) is 6.66. The van der Waals surface area contributed by atoms with Gasteiger partial charge in [-0.05, 0) is 38.1 Å². The molecule has 7 heteroatoms. The number of alkyl halides is 3. The van der Waals surface area contributed by atoms with Gasteiger partial charge in [0.1, 0.15) is 5.82 Å². The van der Waals surface area contributed by atoms with Crippen LogP contribution in [-0.4, -0.2) is 37.0 Å². The molecule has 0 saturated carbocycles. The van der Waals surface area contributed by atoms with E-state index in [1.807, 2.05) is 0 Å². The van der Waals surface area contributed by atoms with Crippen molar-refractivity contribution in [3.8, 4) is 0 Å². The molecule has 21 heavy (non-hydrogen) atoms. The Hall–Kier alpha value is -1.63. The maximum atomic E-state index is 13.4. The molecule has 3 nitrogen and oxygen atoms in total. The van der Waals surface area contributed by atoms with Crippen LogP contribution in [0, 0.1) is 5.82 Å². The number of likely N-dealkylation sites (tertiary alicyclic amines) is 1. The van der Waals surface area contributed by atoms with Gasteiger partial charge in [-0.15, -0.1) is 0 Å². The van der Waals surface area contributed by atoms with Crippen LogP contribution < -0.4 is 5.32 Å². The van der Waals surface area contributed by atoms with E-state index in [2.05, 4.69) is 5.32 Å². The van der Waals surface area contributed by atoms with Crippen LogP contribution in [0.1, 0.15) is 28.8 Å². The highest BCUT2D eigenvalue weighted by atomic mass is 19.4. The van der Waals surface area contributed by atoms with E-state index in [4.69, 9.17) is 0 Å². The molecule has 1 amide bonds. The molecule has 1 heterocycles. The maximum Gasteiger partial charge on any atom is 0.416 e. The molecule has 0 aromatic heterocycles. The van der Waals surface area contributed by atoms with Gasteiger partial charge < -0.3 is 10.2 Å². The fourth-order valence-corrected chi connectivity index (χ4v) is 2.59. The van der Waals surface area contributed by atoms with Gasteiger partial charge in [-0.25, -0.2) is 4.39 Å². The molecule has 0 bridgehead atoms. The predicted octanol–water partition coefficient (Wildman–Crippen LogP) is 2.67. The van der Waals surface area contributed by atoms with Crippen LogP contribution >= 0.6 is 0 Å². The van der Waals surface area contributed by atoms with Crippen molar-refractivity contribution in [3.63, 3.8) is 0 Å². The number of hydrogen-bond acceptors (Lipinski definition) is 2. The minimum absolute atomic E-state index is 0.0693. The van der Waals surface area contributed by atoms with Crippen LogP contribution in [0.25, 0.3) is 0 Å². The molecular weight excluding hydrogens is 288 g/mol. The van der Waals surface area contributed by atoms with E-state index in [0.717, 1.165) is 18.9 Å². The molecule has 1 aliphatic heterocycles. The molecule has 0 spiro atoms. The average Bonchev–Trinajstić information content (AvgIpc) is 2.85. The Morgan fingerprint density at radius 1 is 1.38 bits per heavy atom. The third-order valence-electron chi connectivity index (χ3n) is 3.55. The molecule has 2 rings (SSSR count). The zero-order chi connectivity index (χ0) is 15.6. The molecule has 1 saturated heterocycles. The first-order valence-corrected chi connectivity index (χ1v) is 6.66. The molecular formula is C14H16F4N2O. The summed E-state index contributed by atoms with van der Waals surface area (Å²) in [6.07, 6.45) is -3.10. The second kappa shape index (κ2) is 6.01. The van der Waals surface area contributed by atoms with E-state index in [0.29, 0.717) is 25.2 Å². The lowest BCUT2D eigenvalue weighted by Crippen LogP contribution is -2.40.